The molecule has 3 heteroatoms. The molecule has 0 aromatic heterocycles. The van der Waals surface area contributed by atoms with Crippen LogP contribution in [0.15, 0.2) is 24.3 Å². The monoisotopic (exact) mass is 307 g/mol. The molecular weight excluding hydrogens is 290 g/mol. The Balaban J connectivity index is 1.88. The standard InChI is InChI=1S/C15H18BrNO/c16-9-11-8-15(18)17(10-11)14-7-3-5-12-4-1-2-6-13(12)14/h1-2,4,6,11,14H,3,5,7-10H2. The number of rotatable bonds is 2. The molecule has 2 unspecified atom stereocenters. The Bertz CT molecular complexity index is 460. The van der Waals surface area contributed by atoms with Crippen molar-refractivity contribution in [3.63, 3.8) is 0 Å². The van der Waals surface area contributed by atoms with Gasteiger partial charge in [-0.1, -0.05) is 40.2 Å². The molecule has 1 fully saturated rings. The van der Waals surface area contributed by atoms with Gasteiger partial charge in [0.15, 0.2) is 0 Å². The van der Waals surface area contributed by atoms with Gasteiger partial charge < -0.3 is 4.90 Å². The SMILES string of the molecule is O=C1CC(CBr)CN1C1CCCc2ccccc21. The number of likely N-dealkylation sites (tertiary alicyclic amines) is 1. The van der Waals surface area contributed by atoms with Crippen molar-refractivity contribution in [2.24, 2.45) is 5.92 Å². The van der Waals surface area contributed by atoms with E-state index in [2.05, 4.69) is 45.1 Å². The molecule has 1 heterocycles. The van der Waals surface area contributed by atoms with Gasteiger partial charge in [-0.05, 0) is 36.3 Å². The molecule has 96 valence electrons. The summed E-state index contributed by atoms with van der Waals surface area (Å²) in [6.45, 7) is 0.920. The van der Waals surface area contributed by atoms with Gasteiger partial charge in [-0.15, -0.1) is 0 Å². The van der Waals surface area contributed by atoms with Crippen LogP contribution in [0.5, 0.6) is 0 Å². The molecule has 2 nitrogen and oxygen atoms in total. The molecule has 1 amide bonds. The number of aryl methyl sites for hydroxylation is 1. The smallest absolute Gasteiger partial charge is 0.223 e. The number of amides is 1. The zero-order valence-corrected chi connectivity index (χ0v) is 12.0. The lowest BCUT2D eigenvalue weighted by Crippen LogP contribution is -2.32. The lowest BCUT2D eigenvalue weighted by Gasteiger charge is -2.33. The first-order valence-corrected chi connectivity index (χ1v) is 7.85. The Labute approximate surface area is 116 Å². The largest absolute Gasteiger partial charge is 0.335 e. The van der Waals surface area contributed by atoms with Crippen molar-refractivity contribution in [3.05, 3.63) is 35.4 Å². The summed E-state index contributed by atoms with van der Waals surface area (Å²) >= 11 is 3.51. The van der Waals surface area contributed by atoms with E-state index in [0.29, 0.717) is 24.3 Å². The summed E-state index contributed by atoms with van der Waals surface area (Å²) in [7, 11) is 0. The zero-order chi connectivity index (χ0) is 12.5. The molecule has 0 radical (unpaired) electrons. The van der Waals surface area contributed by atoms with Gasteiger partial charge in [0.2, 0.25) is 5.91 Å². The highest BCUT2D eigenvalue weighted by molar-refractivity contribution is 9.09. The van der Waals surface area contributed by atoms with Crippen molar-refractivity contribution in [1.29, 1.82) is 0 Å². The van der Waals surface area contributed by atoms with Crippen molar-refractivity contribution in [3.8, 4) is 0 Å². The summed E-state index contributed by atoms with van der Waals surface area (Å²) in [4.78, 5) is 14.3. The van der Waals surface area contributed by atoms with Crippen LogP contribution in [-0.4, -0.2) is 22.7 Å². The van der Waals surface area contributed by atoms with Gasteiger partial charge in [0.05, 0.1) is 6.04 Å². The van der Waals surface area contributed by atoms with Crippen molar-refractivity contribution in [2.45, 2.75) is 31.7 Å². The van der Waals surface area contributed by atoms with E-state index in [1.807, 2.05) is 0 Å². The molecule has 18 heavy (non-hydrogen) atoms. The van der Waals surface area contributed by atoms with Gasteiger partial charge in [0, 0.05) is 18.3 Å². The highest BCUT2D eigenvalue weighted by Gasteiger charge is 2.35. The molecule has 1 saturated heterocycles. The Morgan fingerprint density at radius 3 is 2.94 bits per heavy atom. The number of alkyl halides is 1. The third kappa shape index (κ3) is 2.09. The van der Waals surface area contributed by atoms with E-state index in [0.717, 1.165) is 24.7 Å². The van der Waals surface area contributed by atoms with E-state index in [1.165, 1.54) is 17.5 Å². The fraction of sp³-hybridized carbons (Fsp3) is 0.533. The van der Waals surface area contributed by atoms with Crippen LogP contribution in [0.1, 0.15) is 36.4 Å². The van der Waals surface area contributed by atoms with Crippen LogP contribution in [-0.2, 0) is 11.2 Å². The third-order valence-electron chi connectivity index (χ3n) is 4.17. The lowest BCUT2D eigenvalue weighted by atomic mass is 9.87. The number of benzene rings is 1. The van der Waals surface area contributed by atoms with Gasteiger partial charge in [-0.3, -0.25) is 4.79 Å². The average Bonchev–Trinajstić information content (AvgIpc) is 2.79. The quantitative estimate of drug-likeness (QED) is 0.768. The highest BCUT2D eigenvalue weighted by Crippen LogP contribution is 2.37. The van der Waals surface area contributed by atoms with Gasteiger partial charge in [-0.25, -0.2) is 0 Å². The average molecular weight is 308 g/mol. The first-order valence-electron chi connectivity index (χ1n) is 6.73. The second-order valence-corrected chi connectivity index (χ2v) is 6.02. The van der Waals surface area contributed by atoms with Crippen LogP contribution >= 0.6 is 15.9 Å². The minimum absolute atomic E-state index is 0.325. The summed E-state index contributed by atoms with van der Waals surface area (Å²) in [5.74, 6) is 0.827. The summed E-state index contributed by atoms with van der Waals surface area (Å²) in [6.07, 6.45) is 4.20. The molecule has 0 N–H and O–H groups in total. The predicted octanol–water partition coefficient (Wildman–Crippen LogP) is 3.31. The Morgan fingerprint density at radius 2 is 2.17 bits per heavy atom. The molecular formula is C15H18BrNO. The van der Waals surface area contributed by atoms with Crippen LogP contribution in [0.25, 0.3) is 0 Å². The predicted molar refractivity (Wildman–Crippen MR) is 75.7 cm³/mol. The molecule has 0 saturated carbocycles. The molecule has 1 aromatic rings. The van der Waals surface area contributed by atoms with Gasteiger partial charge in [0.1, 0.15) is 0 Å². The normalized spacial score (nSPS) is 27.4. The molecule has 3 rings (SSSR count). The second kappa shape index (κ2) is 5.04. The van der Waals surface area contributed by atoms with Gasteiger partial charge in [-0.2, -0.15) is 0 Å². The number of fused-ring (bicyclic) bond motifs is 1. The van der Waals surface area contributed by atoms with E-state index >= 15 is 0 Å². The van der Waals surface area contributed by atoms with Crippen LogP contribution in [0.3, 0.4) is 0 Å². The summed E-state index contributed by atoms with van der Waals surface area (Å²) in [6, 6.07) is 8.94. The highest BCUT2D eigenvalue weighted by atomic mass is 79.9. The molecule has 2 atom stereocenters. The van der Waals surface area contributed by atoms with Crippen molar-refractivity contribution in [2.75, 3.05) is 11.9 Å². The summed E-state index contributed by atoms with van der Waals surface area (Å²) in [5, 5.41) is 0.934. The third-order valence-corrected chi connectivity index (χ3v) is 5.09. The fourth-order valence-corrected chi connectivity index (χ4v) is 3.70. The van der Waals surface area contributed by atoms with Crippen molar-refractivity contribution in [1.82, 2.24) is 4.90 Å². The number of carbonyl (C=O) groups excluding carboxylic acids is 1. The van der Waals surface area contributed by atoms with Crippen LogP contribution in [0, 0.1) is 5.92 Å². The number of hydrogen-bond acceptors (Lipinski definition) is 1. The number of nitrogens with zero attached hydrogens (tertiary/aromatic N) is 1. The molecule has 2 aliphatic rings. The number of halogens is 1. The summed E-state index contributed by atoms with van der Waals surface area (Å²) in [5.41, 5.74) is 2.82. The van der Waals surface area contributed by atoms with E-state index in [1.54, 1.807) is 0 Å². The van der Waals surface area contributed by atoms with Gasteiger partial charge in [0.25, 0.3) is 0 Å². The molecule has 1 aliphatic heterocycles. The maximum absolute atomic E-state index is 12.2. The van der Waals surface area contributed by atoms with Crippen LogP contribution in [0.4, 0.5) is 0 Å². The molecule has 0 spiro atoms. The Morgan fingerprint density at radius 1 is 1.33 bits per heavy atom. The fourth-order valence-electron chi connectivity index (χ4n) is 3.27. The minimum Gasteiger partial charge on any atom is -0.335 e. The second-order valence-electron chi connectivity index (χ2n) is 5.38. The lowest BCUT2D eigenvalue weighted by molar-refractivity contribution is -0.130. The number of carbonyl (C=O) groups is 1. The Hall–Kier alpha value is -0.830. The summed E-state index contributed by atoms with van der Waals surface area (Å²) < 4.78 is 0. The van der Waals surface area contributed by atoms with E-state index in [-0.39, 0.29) is 0 Å². The topological polar surface area (TPSA) is 20.3 Å². The van der Waals surface area contributed by atoms with Crippen LogP contribution < -0.4 is 0 Å². The maximum Gasteiger partial charge on any atom is 0.223 e. The zero-order valence-electron chi connectivity index (χ0n) is 10.4. The first-order chi connectivity index (χ1) is 8.79. The number of hydrogen-bond donors (Lipinski definition) is 0. The van der Waals surface area contributed by atoms with Crippen molar-refractivity contribution >= 4 is 21.8 Å². The van der Waals surface area contributed by atoms with Gasteiger partial charge >= 0.3 is 0 Å². The molecule has 1 aromatic carbocycles. The molecule has 0 bridgehead atoms. The van der Waals surface area contributed by atoms with E-state index in [4.69, 9.17) is 0 Å². The van der Waals surface area contributed by atoms with Crippen LogP contribution in [0.2, 0.25) is 0 Å². The maximum atomic E-state index is 12.2. The first kappa shape index (κ1) is 12.2. The minimum atomic E-state index is 0.325. The van der Waals surface area contributed by atoms with E-state index in [9.17, 15) is 4.79 Å². The molecule has 1 aliphatic carbocycles. The van der Waals surface area contributed by atoms with Crippen molar-refractivity contribution < 1.29 is 4.79 Å². The van der Waals surface area contributed by atoms with E-state index < -0.39 is 0 Å². The Kier molecular flexibility index (Phi) is 3.42.